The molecule has 3 amide bonds. The minimum absolute atomic E-state index is 0.0212. The number of primary amides is 1. The van der Waals surface area contributed by atoms with E-state index in [1.165, 1.54) is 64.5 Å². The third-order valence-corrected chi connectivity index (χ3v) is 7.59. The summed E-state index contributed by atoms with van der Waals surface area (Å²) >= 11 is 6.05. The molecule has 6 rings (SSSR count). The van der Waals surface area contributed by atoms with Crippen molar-refractivity contribution in [3.05, 3.63) is 124 Å². The molecule has 3 N–H and O–H groups in total. The molecular weight excluding hydrogens is 615 g/mol. The second kappa shape index (κ2) is 13.0. The number of nitrogens with zero attached hydrogens (tertiary/aromatic N) is 6. The number of tetrazole rings is 1. The van der Waals surface area contributed by atoms with Crippen LogP contribution in [0, 0.1) is 5.82 Å². The predicted molar refractivity (Wildman–Crippen MR) is 166 cm³/mol. The predicted octanol–water partition coefficient (Wildman–Crippen LogP) is 4.52. The Kier molecular flexibility index (Phi) is 8.48. The van der Waals surface area contributed by atoms with Gasteiger partial charge in [-0.15, -0.1) is 5.10 Å². The van der Waals surface area contributed by atoms with Gasteiger partial charge in [0.1, 0.15) is 18.1 Å². The normalized spacial score (nSPS) is 14.1. The van der Waals surface area contributed by atoms with E-state index in [9.17, 15) is 14.4 Å². The number of hydrogen-bond donors (Lipinski definition) is 2. The molecule has 0 spiro atoms. The number of carbonyl (C=O) groups excluding carboxylic acids is 3. The molecule has 0 saturated heterocycles. The van der Waals surface area contributed by atoms with Crippen molar-refractivity contribution >= 4 is 41.1 Å². The summed E-state index contributed by atoms with van der Waals surface area (Å²) in [6.45, 7) is 0.134. The molecule has 46 heavy (non-hydrogen) atoms. The van der Waals surface area contributed by atoms with Gasteiger partial charge >= 0.3 is 0 Å². The van der Waals surface area contributed by atoms with Gasteiger partial charge in [0, 0.05) is 47.3 Å². The van der Waals surface area contributed by atoms with E-state index >= 15 is 4.39 Å². The zero-order valence-corrected chi connectivity index (χ0v) is 24.6. The summed E-state index contributed by atoms with van der Waals surface area (Å²) < 4.78 is 22.5. The molecule has 0 fully saturated rings. The van der Waals surface area contributed by atoms with Gasteiger partial charge in [-0.1, -0.05) is 29.8 Å². The lowest BCUT2D eigenvalue weighted by Crippen LogP contribution is -2.44. The van der Waals surface area contributed by atoms with Crippen LogP contribution in [-0.4, -0.2) is 54.4 Å². The maximum absolute atomic E-state index is 15.2. The Labute approximate surface area is 266 Å². The Balaban J connectivity index is 1.36. The number of nitrogens with two attached hydrogens (primary N) is 1. The van der Waals surface area contributed by atoms with Gasteiger partial charge in [-0.05, 0) is 77.0 Å². The first-order valence-electron chi connectivity index (χ1n) is 13.9. The monoisotopic (exact) mass is 638 g/mol. The number of amides is 3. The van der Waals surface area contributed by atoms with E-state index in [1.807, 2.05) is 0 Å². The second-order valence-corrected chi connectivity index (χ2v) is 10.5. The molecule has 1 aliphatic rings. The summed E-state index contributed by atoms with van der Waals surface area (Å²) in [6.07, 6.45) is 5.68. The average Bonchev–Trinajstić information content (AvgIpc) is 3.60. The van der Waals surface area contributed by atoms with Gasteiger partial charge in [-0.2, -0.15) is 4.68 Å². The van der Waals surface area contributed by atoms with E-state index in [0.717, 1.165) is 5.56 Å². The van der Waals surface area contributed by atoms with Crippen LogP contribution in [0.4, 0.5) is 10.1 Å². The van der Waals surface area contributed by atoms with Crippen LogP contribution in [0.1, 0.15) is 33.1 Å². The van der Waals surface area contributed by atoms with E-state index < -0.39 is 29.6 Å². The molecule has 1 atom stereocenters. The third kappa shape index (κ3) is 6.16. The number of rotatable bonds is 8. The smallest absolute Gasteiger partial charge is 0.251 e. The minimum Gasteiger partial charge on any atom is -0.439 e. The van der Waals surface area contributed by atoms with Crippen molar-refractivity contribution in [1.82, 2.24) is 30.1 Å². The molecule has 1 aliphatic heterocycles. The number of aromatic nitrogens is 5. The lowest BCUT2D eigenvalue weighted by Gasteiger charge is -2.36. The molecule has 0 saturated carbocycles. The first-order valence-corrected chi connectivity index (χ1v) is 14.3. The average molecular weight is 639 g/mol. The van der Waals surface area contributed by atoms with Gasteiger partial charge in [-0.3, -0.25) is 14.4 Å². The highest BCUT2D eigenvalue weighted by Gasteiger charge is 2.37. The maximum Gasteiger partial charge on any atom is 0.251 e. The minimum atomic E-state index is -1.10. The summed E-state index contributed by atoms with van der Waals surface area (Å²) in [5.41, 5.74) is 7.51. The lowest BCUT2D eigenvalue weighted by atomic mass is 9.90. The first kappa shape index (κ1) is 30.1. The zero-order valence-electron chi connectivity index (χ0n) is 23.9. The fraction of sp³-hybridized carbons (Fsp3) is 0.0938. The van der Waals surface area contributed by atoms with Crippen LogP contribution in [0.5, 0.6) is 11.6 Å². The summed E-state index contributed by atoms with van der Waals surface area (Å²) in [5, 5.41) is 13.7. The molecule has 14 heteroatoms. The fourth-order valence-electron chi connectivity index (χ4n) is 5.14. The van der Waals surface area contributed by atoms with E-state index in [-0.39, 0.29) is 28.4 Å². The van der Waals surface area contributed by atoms with Crippen LogP contribution in [0.15, 0.2) is 91.4 Å². The Hall–Kier alpha value is -5.95. The summed E-state index contributed by atoms with van der Waals surface area (Å²) in [7, 11) is 0. The van der Waals surface area contributed by atoms with Gasteiger partial charge in [-0.25, -0.2) is 9.37 Å². The van der Waals surface area contributed by atoms with E-state index in [0.29, 0.717) is 29.3 Å². The zero-order chi connectivity index (χ0) is 32.2. The number of hydrogen-bond acceptors (Lipinski definition) is 8. The van der Waals surface area contributed by atoms with Gasteiger partial charge in [0.05, 0.1) is 10.7 Å². The topological polar surface area (TPSA) is 158 Å². The number of benzene rings is 3. The van der Waals surface area contributed by atoms with Gasteiger partial charge < -0.3 is 20.7 Å². The van der Waals surface area contributed by atoms with Crippen molar-refractivity contribution in [3.8, 4) is 17.3 Å². The number of carbonyl (C=O) groups is 3. The van der Waals surface area contributed by atoms with Crippen LogP contribution in [0.2, 0.25) is 5.02 Å². The number of halogens is 2. The second-order valence-electron chi connectivity index (χ2n) is 10.1. The van der Waals surface area contributed by atoms with Crippen LogP contribution < -0.4 is 15.8 Å². The van der Waals surface area contributed by atoms with E-state index in [4.69, 9.17) is 22.1 Å². The largest absolute Gasteiger partial charge is 0.439 e. The Bertz CT molecular complexity index is 1950. The van der Waals surface area contributed by atoms with E-state index in [2.05, 4.69) is 25.8 Å². The summed E-state index contributed by atoms with van der Waals surface area (Å²) in [5.74, 6) is -1.60. The van der Waals surface area contributed by atoms with Crippen LogP contribution in [0.3, 0.4) is 0 Å². The van der Waals surface area contributed by atoms with Crippen LogP contribution >= 0.6 is 11.6 Å². The molecule has 0 bridgehead atoms. The van der Waals surface area contributed by atoms with E-state index in [1.54, 1.807) is 42.6 Å². The van der Waals surface area contributed by atoms with Crippen molar-refractivity contribution in [2.24, 2.45) is 5.73 Å². The molecule has 1 unspecified atom stereocenters. The van der Waals surface area contributed by atoms with Gasteiger partial charge in [0.15, 0.2) is 5.82 Å². The standard InChI is InChI=1S/C32H24ClFN8O4/c33-24-12-13-25(42-18-37-39-40-42)23(29(24)34)11-14-28(43)41-17-15-21-22(4-3-5-26(21)46-27-6-1-2-16-36-27)30(41)32(45)38-20-9-7-19(8-10-20)31(35)44/h1-14,16,18,30H,15,17H2,(H2,35,44)(H,38,45)/b14-11+. The molecule has 12 nitrogen and oxygen atoms in total. The molecule has 0 radical (unpaired) electrons. The fourth-order valence-corrected chi connectivity index (χ4v) is 5.30. The SMILES string of the molecule is NC(=O)c1ccc(NC(=O)C2c3cccc(Oc4ccccn4)c3CCN2C(=O)/C=C/c2c(-n3cnnn3)ccc(Cl)c2F)cc1. The maximum atomic E-state index is 15.2. The molecule has 3 heterocycles. The number of anilines is 1. The molecule has 0 aliphatic carbocycles. The number of fused-ring (bicyclic) bond motifs is 1. The van der Waals surface area contributed by atoms with Crippen molar-refractivity contribution < 1.29 is 23.5 Å². The highest BCUT2D eigenvalue weighted by atomic mass is 35.5. The molecule has 230 valence electrons. The molecular formula is C32H24ClFN8O4. The number of pyridine rings is 1. The third-order valence-electron chi connectivity index (χ3n) is 7.30. The highest BCUT2D eigenvalue weighted by molar-refractivity contribution is 6.31. The first-order chi connectivity index (χ1) is 22.3. The molecule has 3 aromatic carbocycles. The van der Waals surface area contributed by atoms with Gasteiger partial charge in [0.25, 0.3) is 5.91 Å². The molecule has 2 aromatic heterocycles. The lowest BCUT2D eigenvalue weighted by molar-refractivity contribution is -0.135. The Morgan fingerprint density at radius 3 is 2.59 bits per heavy atom. The van der Waals surface area contributed by atoms with Crippen molar-refractivity contribution in [2.45, 2.75) is 12.5 Å². The Morgan fingerprint density at radius 2 is 1.87 bits per heavy atom. The van der Waals surface area contributed by atoms with Crippen molar-refractivity contribution in [3.63, 3.8) is 0 Å². The van der Waals surface area contributed by atoms with Crippen LogP contribution in [0.25, 0.3) is 11.8 Å². The van der Waals surface area contributed by atoms with Crippen molar-refractivity contribution in [1.29, 1.82) is 0 Å². The van der Waals surface area contributed by atoms with Crippen LogP contribution in [-0.2, 0) is 16.0 Å². The quantitative estimate of drug-likeness (QED) is 0.235. The highest BCUT2D eigenvalue weighted by Crippen LogP contribution is 2.38. The number of ether oxygens (including phenoxy) is 1. The summed E-state index contributed by atoms with van der Waals surface area (Å²) in [6, 6.07) is 18.3. The molecule has 5 aromatic rings. The number of nitrogens with one attached hydrogen (secondary N) is 1. The summed E-state index contributed by atoms with van der Waals surface area (Å²) in [4.78, 5) is 44.9. The van der Waals surface area contributed by atoms with Crippen molar-refractivity contribution in [2.75, 3.05) is 11.9 Å². The Morgan fingerprint density at radius 1 is 1.04 bits per heavy atom. The van der Waals surface area contributed by atoms with Gasteiger partial charge in [0.2, 0.25) is 17.7 Å².